The predicted octanol–water partition coefficient (Wildman–Crippen LogP) is 2.92. The molecule has 0 aliphatic carbocycles. The van der Waals surface area contributed by atoms with Crippen LogP contribution in [0.2, 0.25) is 0 Å². The first-order chi connectivity index (χ1) is 10.9. The summed E-state index contributed by atoms with van der Waals surface area (Å²) in [6, 6.07) is 9.97. The summed E-state index contributed by atoms with van der Waals surface area (Å²) in [5.41, 5.74) is 1.12. The Morgan fingerprint density at radius 1 is 1.26 bits per heavy atom. The molecule has 5 heteroatoms. The van der Waals surface area contributed by atoms with Gasteiger partial charge in [0, 0.05) is 5.92 Å². The van der Waals surface area contributed by atoms with E-state index in [0.717, 1.165) is 5.56 Å². The van der Waals surface area contributed by atoms with Crippen molar-refractivity contribution in [2.24, 2.45) is 5.92 Å². The summed E-state index contributed by atoms with van der Waals surface area (Å²) >= 11 is 0. The Kier molecular flexibility index (Phi) is 6.16. The molecule has 0 saturated carbocycles. The minimum atomic E-state index is -0.796. The van der Waals surface area contributed by atoms with Crippen LogP contribution in [0, 0.1) is 5.92 Å². The average Bonchev–Trinajstić information content (AvgIpc) is 2.85. The maximum Gasteiger partial charge on any atom is 0.338 e. The highest BCUT2D eigenvalue weighted by Gasteiger charge is 2.48. The van der Waals surface area contributed by atoms with Crippen molar-refractivity contribution in [1.29, 1.82) is 0 Å². The zero-order chi connectivity index (χ0) is 16.9. The summed E-state index contributed by atoms with van der Waals surface area (Å²) in [5.74, 6) is -1.16. The van der Waals surface area contributed by atoms with Crippen LogP contribution < -0.4 is 0 Å². The van der Waals surface area contributed by atoms with Gasteiger partial charge in [0.05, 0.1) is 19.8 Å². The van der Waals surface area contributed by atoms with Crippen LogP contribution in [0.4, 0.5) is 0 Å². The molecule has 2 rings (SSSR count). The van der Waals surface area contributed by atoms with Gasteiger partial charge in [0.15, 0.2) is 11.9 Å². The van der Waals surface area contributed by atoms with Crippen molar-refractivity contribution < 1.29 is 23.7 Å². The quantitative estimate of drug-likeness (QED) is 0.723. The lowest BCUT2D eigenvalue weighted by Crippen LogP contribution is -2.38. The summed E-state index contributed by atoms with van der Waals surface area (Å²) in [4.78, 5) is 12.1. The van der Waals surface area contributed by atoms with Gasteiger partial charge in [-0.25, -0.2) is 4.79 Å². The molecule has 0 unspecified atom stereocenters. The van der Waals surface area contributed by atoms with Crippen LogP contribution in [0.5, 0.6) is 0 Å². The summed E-state index contributed by atoms with van der Waals surface area (Å²) < 4.78 is 22.5. The van der Waals surface area contributed by atoms with Crippen LogP contribution in [-0.2, 0) is 30.3 Å². The fraction of sp³-hybridized carbons (Fsp3) is 0.611. The molecule has 0 radical (unpaired) electrons. The topological polar surface area (TPSA) is 54.0 Å². The second kappa shape index (κ2) is 7.90. The van der Waals surface area contributed by atoms with Crippen LogP contribution in [0.15, 0.2) is 30.3 Å². The third kappa shape index (κ3) is 5.03. The van der Waals surface area contributed by atoms with E-state index in [-0.39, 0.29) is 18.0 Å². The van der Waals surface area contributed by atoms with E-state index in [4.69, 9.17) is 18.9 Å². The Balaban J connectivity index is 1.90. The number of ether oxygens (including phenoxy) is 4. The molecule has 0 amide bonds. The average molecular weight is 322 g/mol. The van der Waals surface area contributed by atoms with Gasteiger partial charge in [-0.3, -0.25) is 0 Å². The summed E-state index contributed by atoms with van der Waals surface area (Å²) in [5, 5.41) is 0. The molecular weight excluding hydrogens is 296 g/mol. The zero-order valence-electron chi connectivity index (χ0n) is 14.3. The molecule has 1 heterocycles. The van der Waals surface area contributed by atoms with E-state index in [0.29, 0.717) is 19.8 Å². The van der Waals surface area contributed by atoms with E-state index >= 15 is 0 Å². The fourth-order valence-electron chi connectivity index (χ4n) is 2.64. The normalized spacial score (nSPS) is 24.3. The van der Waals surface area contributed by atoms with Crippen molar-refractivity contribution in [2.75, 3.05) is 13.2 Å². The largest absolute Gasteiger partial charge is 0.464 e. The van der Waals surface area contributed by atoms with Gasteiger partial charge in [-0.15, -0.1) is 0 Å². The summed E-state index contributed by atoms with van der Waals surface area (Å²) in [6.45, 7) is 8.71. The molecule has 0 aromatic heterocycles. The molecule has 128 valence electrons. The van der Waals surface area contributed by atoms with Crippen LogP contribution in [-0.4, -0.2) is 37.2 Å². The van der Waals surface area contributed by atoms with E-state index in [1.54, 1.807) is 20.8 Å². The van der Waals surface area contributed by atoms with E-state index in [1.165, 1.54) is 0 Å². The van der Waals surface area contributed by atoms with Crippen molar-refractivity contribution in [3.63, 3.8) is 0 Å². The highest BCUT2D eigenvalue weighted by Crippen LogP contribution is 2.33. The minimum absolute atomic E-state index is 0.00916. The Hall–Kier alpha value is -1.43. The van der Waals surface area contributed by atoms with Crippen molar-refractivity contribution >= 4 is 5.97 Å². The van der Waals surface area contributed by atoms with Gasteiger partial charge >= 0.3 is 5.97 Å². The third-order valence-corrected chi connectivity index (χ3v) is 3.70. The van der Waals surface area contributed by atoms with Crippen LogP contribution in [0.1, 0.15) is 33.3 Å². The lowest BCUT2D eigenvalue weighted by Gasteiger charge is -2.22. The zero-order valence-corrected chi connectivity index (χ0v) is 14.3. The first-order valence-corrected chi connectivity index (χ1v) is 8.07. The lowest BCUT2D eigenvalue weighted by atomic mass is 10.0. The Morgan fingerprint density at radius 3 is 2.61 bits per heavy atom. The highest BCUT2D eigenvalue weighted by molar-refractivity contribution is 5.75. The number of rotatable bonds is 7. The SMILES string of the molecule is CCOC(=O)[C@H]1OC(C)(C)O[C@@H]1[C@@H](C)COCc1ccccc1. The van der Waals surface area contributed by atoms with E-state index in [1.807, 2.05) is 37.3 Å². The maximum atomic E-state index is 12.1. The second-order valence-corrected chi connectivity index (χ2v) is 6.25. The Bertz CT molecular complexity index is 499. The molecule has 0 N–H and O–H groups in total. The maximum absolute atomic E-state index is 12.1. The second-order valence-electron chi connectivity index (χ2n) is 6.25. The lowest BCUT2D eigenvalue weighted by molar-refractivity contribution is -0.170. The number of hydrogen-bond donors (Lipinski definition) is 0. The minimum Gasteiger partial charge on any atom is -0.464 e. The third-order valence-electron chi connectivity index (χ3n) is 3.70. The number of benzene rings is 1. The Labute approximate surface area is 137 Å². The van der Waals surface area contributed by atoms with Gasteiger partial charge in [-0.1, -0.05) is 37.3 Å². The van der Waals surface area contributed by atoms with Gasteiger partial charge < -0.3 is 18.9 Å². The van der Waals surface area contributed by atoms with Gasteiger partial charge in [-0.05, 0) is 26.3 Å². The van der Waals surface area contributed by atoms with Crippen LogP contribution in [0.25, 0.3) is 0 Å². The molecule has 1 saturated heterocycles. The predicted molar refractivity (Wildman–Crippen MR) is 85.7 cm³/mol. The van der Waals surface area contributed by atoms with Gasteiger partial charge in [0.1, 0.15) is 6.10 Å². The van der Waals surface area contributed by atoms with E-state index in [2.05, 4.69) is 0 Å². The highest BCUT2D eigenvalue weighted by atomic mass is 16.8. The van der Waals surface area contributed by atoms with Gasteiger partial charge in [-0.2, -0.15) is 0 Å². The summed E-state index contributed by atoms with van der Waals surface area (Å²) in [6.07, 6.45) is -1.08. The van der Waals surface area contributed by atoms with Gasteiger partial charge in [0.25, 0.3) is 0 Å². The van der Waals surface area contributed by atoms with Crippen LogP contribution in [0.3, 0.4) is 0 Å². The summed E-state index contributed by atoms with van der Waals surface area (Å²) in [7, 11) is 0. The molecule has 1 aliphatic heterocycles. The monoisotopic (exact) mass is 322 g/mol. The number of carbonyl (C=O) groups excluding carboxylic acids is 1. The molecule has 1 fully saturated rings. The molecule has 0 bridgehead atoms. The number of esters is 1. The first kappa shape index (κ1) is 17.9. The van der Waals surface area contributed by atoms with Crippen molar-refractivity contribution in [3.8, 4) is 0 Å². The van der Waals surface area contributed by atoms with Crippen LogP contribution >= 0.6 is 0 Å². The standard InChI is InChI=1S/C18H26O5/c1-5-21-17(19)16-15(22-18(3,4)23-16)13(2)11-20-12-14-9-7-6-8-10-14/h6-10,13,15-16H,5,11-12H2,1-4H3/t13-,15+,16-/m0/s1. The molecule has 1 aromatic rings. The molecule has 3 atom stereocenters. The van der Waals surface area contributed by atoms with Crippen molar-refractivity contribution in [2.45, 2.75) is 52.3 Å². The molecule has 1 aliphatic rings. The van der Waals surface area contributed by atoms with E-state index < -0.39 is 11.9 Å². The van der Waals surface area contributed by atoms with Gasteiger partial charge in [0.2, 0.25) is 0 Å². The molecular formula is C18H26O5. The Morgan fingerprint density at radius 2 is 1.96 bits per heavy atom. The molecule has 23 heavy (non-hydrogen) atoms. The number of hydrogen-bond acceptors (Lipinski definition) is 5. The van der Waals surface area contributed by atoms with E-state index in [9.17, 15) is 4.79 Å². The molecule has 0 spiro atoms. The molecule has 5 nitrogen and oxygen atoms in total. The molecule has 1 aromatic carbocycles. The fourth-order valence-corrected chi connectivity index (χ4v) is 2.64. The van der Waals surface area contributed by atoms with Crippen molar-refractivity contribution in [3.05, 3.63) is 35.9 Å². The number of carbonyl (C=O) groups is 1. The first-order valence-electron chi connectivity index (χ1n) is 8.07. The smallest absolute Gasteiger partial charge is 0.338 e. The van der Waals surface area contributed by atoms with Crippen molar-refractivity contribution in [1.82, 2.24) is 0 Å².